The molecule has 2 heterocycles. The number of ether oxygens (including phenoxy) is 2. The van der Waals surface area contributed by atoms with E-state index in [4.69, 9.17) is 9.47 Å². The van der Waals surface area contributed by atoms with E-state index in [-0.39, 0.29) is 18.4 Å². The van der Waals surface area contributed by atoms with Gasteiger partial charge in [-0.05, 0) is 30.2 Å². The third-order valence-corrected chi connectivity index (χ3v) is 5.05. The summed E-state index contributed by atoms with van der Waals surface area (Å²) in [6.45, 7) is 2.55. The number of benzene rings is 2. The lowest BCUT2D eigenvalue weighted by molar-refractivity contribution is -0.130. The third kappa shape index (κ3) is 3.68. The molecule has 2 atom stereocenters. The summed E-state index contributed by atoms with van der Waals surface area (Å²) in [4.78, 5) is 39.6. The first-order valence-electron chi connectivity index (χ1n) is 9.72. The van der Waals surface area contributed by atoms with Crippen LogP contribution in [0.5, 0.6) is 5.75 Å². The number of fused-ring (bicyclic) bond motifs is 2. The van der Waals surface area contributed by atoms with Gasteiger partial charge in [-0.2, -0.15) is 0 Å². The van der Waals surface area contributed by atoms with Crippen LogP contribution in [-0.2, 0) is 20.7 Å². The number of hydrogen-bond donors (Lipinski definition) is 1. The summed E-state index contributed by atoms with van der Waals surface area (Å²) in [5.41, 5.74) is 1.82. The highest BCUT2D eigenvalue weighted by molar-refractivity contribution is 6.03. The molecule has 0 saturated carbocycles. The molecule has 0 aromatic heterocycles. The van der Waals surface area contributed by atoms with Crippen LogP contribution in [-0.4, -0.2) is 43.1 Å². The highest BCUT2D eigenvalue weighted by atomic mass is 16.5. The average Bonchev–Trinajstić information content (AvgIpc) is 2.76. The van der Waals surface area contributed by atoms with Gasteiger partial charge in [-0.25, -0.2) is 4.79 Å². The van der Waals surface area contributed by atoms with Crippen molar-refractivity contribution < 1.29 is 23.9 Å². The number of anilines is 1. The second kappa shape index (κ2) is 7.95. The molecule has 0 radical (unpaired) electrons. The van der Waals surface area contributed by atoms with Crippen molar-refractivity contribution in [1.29, 1.82) is 0 Å². The van der Waals surface area contributed by atoms with Crippen molar-refractivity contribution in [2.24, 2.45) is 0 Å². The second-order valence-electron chi connectivity index (χ2n) is 7.07. The molecule has 29 heavy (non-hydrogen) atoms. The monoisotopic (exact) mass is 394 g/mol. The Kier molecular flexibility index (Phi) is 5.20. The second-order valence-corrected chi connectivity index (χ2v) is 7.07. The van der Waals surface area contributed by atoms with Crippen molar-refractivity contribution in [1.82, 2.24) is 5.32 Å². The Bertz CT molecular complexity index is 958. The molecule has 150 valence electrons. The first kappa shape index (κ1) is 19.0. The van der Waals surface area contributed by atoms with Gasteiger partial charge < -0.3 is 19.7 Å². The molecule has 0 aliphatic carbocycles. The Hall–Kier alpha value is -3.35. The fraction of sp³-hybridized carbons (Fsp3) is 0.318. The van der Waals surface area contributed by atoms with E-state index in [9.17, 15) is 14.4 Å². The van der Waals surface area contributed by atoms with Crippen LogP contribution in [0.2, 0.25) is 0 Å². The molecule has 2 amide bonds. The fourth-order valence-electron chi connectivity index (χ4n) is 3.58. The third-order valence-electron chi connectivity index (χ3n) is 5.05. The van der Waals surface area contributed by atoms with Crippen LogP contribution in [0.15, 0.2) is 48.5 Å². The lowest BCUT2D eigenvalue weighted by Crippen LogP contribution is -2.54. The molecule has 0 unspecified atom stereocenters. The lowest BCUT2D eigenvalue weighted by Gasteiger charge is -2.36. The molecule has 1 N–H and O–H groups in total. The van der Waals surface area contributed by atoms with Crippen molar-refractivity contribution >= 4 is 23.5 Å². The van der Waals surface area contributed by atoms with Crippen LogP contribution < -0.4 is 15.0 Å². The van der Waals surface area contributed by atoms with Gasteiger partial charge in [0.25, 0.3) is 11.8 Å². The van der Waals surface area contributed by atoms with Gasteiger partial charge >= 0.3 is 5.97 Å². The Balaban J connectivity index is 1.60. The number of cyclic esters (lactones) is 1. The Labute approximate surface area is 168 Å². The van der Waals surface area contributed by atoms with Gasteiger partial charge in [0.05, 0.1) is 17.8 Å². The van der Waals surface area contributed by atoms with E-state index >= 15 is 0 Å². The number of carbonyl (C=O) groups is 3. The van der Waals surface area contributed by atoms with Crippen LogP contribution in [0.25, 0.3) is 0 Å². The van der Waals surface area contributed by atoms with E-state index in [0.29, 0.717) is 30.0 Å². The molecule has 2 aromatic carbocycles. The largest absolute Gasteiger partial charge is 0.477 e. The summed E-state index contributed by atoms with van der Waals surface area (Å²) in [5, 5.41) is 2.80. The van der Waals surface area contributed by atoms with Crippen molar-refractivity contribution in [2.75, 3.05) is 18.0 Å². The number of para-hydroxylation sites is 2. The Morgan fingerprint density at radius 3 is 2.66 bits per heavy atom. The lowest BCUT2D eigenvalue weighted by atomic mass is 9.97. The number of esters is 1. The minimum Gasteiger partial charge on any atom is -0.477 e. The summed E-state index contributed by atoms with van der Waals surface area (Å²) >= 11 is 0. The van der Waals surface area contributed by atoms with Gasteiger partial charge in [0.2, 0.25) is 0 Å². The Morgan fingerprint density at radius 2 is 1.83 bits per heavy atom. The van der Waals surface area contributed by atoms with Crippen molar-refractivity contribution in [2.45, 2.75) is 32.0 Å². The standard InChI is InChI=1S/C22H22N2O5/c1-2-11-23-20(25)19-13-24(16-9-5-6-10-17(16)28-19)21(26)18-12-14-7-3-4-8-15(14)22(27)29-18/h3-10,18-19H,2,11-13H2,1H3,(H,23,25)/t18-,19-/m0/s1. The van der Waals surface area contributed by atoms with Gasteiger partial charge in [0.1, 0.15) is 5.75 Å². The van der Waals surface area contributed by atoms with E-state index in [2.05, 4.69) is 5.32 Å². The predicted molar refractivity (Wildman–Crippen MR) is 106 cm³/mol. The summed E-state index contributed by atoms with van der Waals surface area (Å²) in [6, 6.07) is 14.2. The maximum absolute atomic E-state index is 13.3. The quantitative estimate of drug-likeness (QED) is 0.803. The highest BCUT2D eigenvalue weighted by Crippen LogP contribution is 2.34. The van der Waals surface area contributed by atoms with Gasteiger partial charge in [-0.15, -0.1) is 0 Å². The Morgan fingerprint density at radius 1 is 1.07 bits per heavy atom. The predicted octanol–water partition coefficient (Wildman–Crippen LogP) is 2.09. The first-order valence-corrected chi connectivity index (χ1v) is 9.72. The molecule has 0 fully saturated rings. The van der Waals surface area contributed by atoms with Gasteiger partial charge in [-0.3, -0.25) is 9.59 Å². The SMILES string of the molecule is CCCNC(=O)[C@@H]1CN(C(=O)[C@@H]2Cc3ccccc3C(=O)O2)c2ccccc2O1. The molecule has 0 saturated heterocycles. The van der Waals surface area contributed by atoms with Crippen LogP contribution in [0, 0.1) is 0 Å². The van der Waals surface area contributed by atoms with Gasteiger partial charge in [0.15, 0.2) is 12.2 Å². The fourth-order valence-corrected chi connectivity index (χ4v) is 3.58. The van der Waals surface area contributed by atoms with Gasteiger partial charge in [0, 0.05) is 13.0 Å². The van der Waals surface area contributed by atoms with Crippen LogP contribution in [0.3, 0.4) is 0 Å². The zero-order valence-electron chi connectivity index (χ0n) is 16.1. The number of carbonyl (C=O) groups excluding carboxylic acids is 3. The van der Waals surface area contributed by atoms with Crippen LogP contribution in [0.1, 0.15) is 29.3 Å². The smallest absolute Gasteiger partial charge is 0.339 e. The molecule has 2 aliphatic heterocycles. The minimum absolute atomic E-state index is 0.0566. The zero-order valence-corrected chi connectivity index (χ0v) is 16.1. The molecule has 7 nitrogen and oxygen atoms in total. The number of nitrogens with zero attached hydrogens (tertiary/aromatic N) is 1. The van der Waals surface area contributed by atoms with Crippen molar-refractivity contribution in [3.05, 3.63) is 59.7 Å². The topological polar surface area (TPSA) is 84.9 Å². The zero-order chi connectivity index (χ0) is 20.4. The normalized spacial score (nSPS) is 20.0. The first-order chi connectivity index (χ1) is 14.1. The molecule has 0 spiro atoms. The van der Waals surface area contributed by atoms with Crippen molar-refractivity contribution in [3.63, 3.8) is 0 Å². The maximum atomic E-state index is 13.3. The minimum atomic E-state index is -0.942. The number of hydrogen-bond acceptors (Lipinski definition) is 5. The molecular formula is C22H22N2O5. The van der Waals surface area contributed by atoms with E-state index in [1.807, 2.05) is 19.1 Å². The summed E-state index contributed by atoms with van der Waals surface area (Å²) < 4.78 is 11.3. The average molecular weight is 394 g/mol. The summed E-state index contributed by atoms with van der Waals surface area (Å²) in [7, 11) is 0. The number of rotatable bonds is 4. The molecule has 2 aromatic rings. The van der Waals surface area contributed by atoms with Crippen molar-refractivity contribution in [3.8, 4) is 5.75 Å². The van der Waals surface area contributed by atoms with E-state index in [1.165, 1.54) is 4.90 Å². The number of amides is 2. The van der Waals surface area contributed by atoms with E-state index in [1.54, 1.807) is 36.4 Å². The highest BCUT2D eigenvalue weighted by Gasteiger charge is 2.39. The molecular weight excluding hydrogens is 372 g/mol. The molecule has 7 heteroatoms. The van der Waals surface area contributed by atoms with E-state index < -0.39 is 18.2 Å². The summed E-state index contributed by atoms with van der Waals surface area (Å²) in [5.74, 6) is -0.697. The number of nitrogens with one attached hydrogen (secondary N) is 1. The maximum Gasteiger partial charge on any atom is 0.339 e. The van der Waals surface area contributed by atoms with Gasteiger partial charge in [-0.1, -0.05) is 37.3 Å². The molecule has 2 aliphatic rings. The molecule has 4 rings (SSSR count). The van der Waals surface area contributed by atoms with E-state index in [0.717, 1.165) is 12.0 Å². The van der Waals surface area contributed by atoms with Crippen LogP contribution in [0.4, 0.5) is 5.69 Å². The molecule has 0 bridgehead atoms. The summed E-state index contributed by atoms with van der Waals surface area (Å²) in [6.07, 6.45) is -0.669. The van der Waals surface area contributed by atoms with Crippen LogP contribution >= 0.6 is 0 Å².